The molecule has 0 aromatic carbocycles. The van der Waals surface area contributed by atoms with Crippen LogP contribution in [0, 0.1) is 0 Å². The van der Waals surface area contributed by atoms with Crippen LogP contribution in [0.15, 0.2) is 12.2 Å². The Morgan fingerprint density at radius 3 is 1.75 bits per heavy atom. The minimum Gasteiger partial charge on any atom is -0.294 e. The first kappa shape index (κ1) is 5.64. The van der Waals surface area contributed by atoms with E-state index in [1.807, 2.05) is 0 Å². The summed E-state index contributed by atoms with van der Waals surface area (Å²) in [6.07, 6.45) is 2.61. The van der Waals surface area contributed by atoms with Crippen LogP contribution in [0.5, 0.6) is 0 Å². The third-order valence-corrected chi connectivity index (χ3v) is 1.68. The molecule has 1 aliphatic rings. The normalized spacial score (nSPS) is 20.6. The van der Waals surface area contributed by atoms with E-state index in [2.05, 4.69) is 9.24 Å². The fraction of sp³-hybridized carbons (Fsp3) is 0.200. The Labute approximate surface area is 49.2 Å². The summed E-state index contributed by atoms with van der Waals surface area (Å²) in [5.41, 5.74) is -0.491. The van der Waals surface area contributed by atoms with Gasteiger partial charge in [0.2, 0.25) is 0 Å². The third-order valence-electron chi connectivity index (χ3n) is 1.02. The summed E-state index contributed by atoms with van der Waals surface area (Å²) in [6, 6.07) is 0. The van der Waals surface area contributed by atoms with Crippen LogP contribution >= 0.6 is 9.24 Å². The molecule has 0 fully saturated rings. The van der Waals surface area contributed by atoms with E-state index in [0.29, 0.717) is 0 Å². The molecule has 1 rings (SSSR count). The largest absolute Gasteiger partial charge is 0.294 e. The quantitative estimate of drug-likeness (QED) is 0.338. The van der Waals surface area contributed by atoms with E-state index in [0.717, 1.165) is 0 Å². The molecular weight excluding hydrogens is 123 g/mol. The number of allylic oxidation sites excluding steroid dienone is 2. The van der Waals surface area contributed by atoms with E-state index >= 15 is 0 Å². The van der Waals surface area contributed by atoms with E-state index in [1.54, 1.807) is 0 Å². The number of carbonyl (C=O) groups is 2. The third kappa shape index (κ3) is 0.716. The molecule has 0 saturated carbocycles. The van der Waals surface area contributed by atoms with Crippen molar-refractivity contribution >= 4 is 20.8 Å². The Hall–Kier alpha value is -0.490. The highest BCUT2D eigenvalue weighted by molar-refractivity contribution is 7.22. The lowest BCUT2D eigenvalue weighted by atomic mass is 10.3. The van der Waals surface area contributed by atoms with Crippen LogP contribution in [0.1, 0.15) is 0 Å². The van der Waals surface area contributed by atoms with Crippen molar-refractivity contribution in [2.45, 2.75) is 5.66 Å². The number of carbonyl (C=O) groups excluding carboxylic acids is 2. The Morgan fingerprint density at radius 2 is 1.62 bits per heavy atom. The molecule has 1 aliphatic carbocycles. The second kappa shape index (κ2) is 1.79. The van der Waals surface area contributed by atoms with Crippen molar-refractivity contribution < 1.29 is 9.59 Å². The summed E-state index contributed by atoms with van der Waals surface area (Å²) in [5, 5.41) is 0. The molecule has 42 valence electrons. The Morgan fingerprint density at radius 1 is 1.25 bits per heavy atom. The average molecular weight is 128 g/mol. The van der Waals surface area contributed by atoms with Gasteiger partial charge >= 0.3 is 0 Å². The van der Waals surface area contributed by atoms with Gasteiger partial charge in [0.25, 0.3) is 0 Å². The van der Waals surface area contributed by atoms with E-state index in [4.69, 9.17) is 0 Å². The zero-order valence-corrected chi connectivity index (χ0v) is 5.28. The van der Waals surface area contributed by atoms with Gasteiger partial charge in [-0.25, -0.2) is 0 Å². The zero-order valence-electron chi connectivity index (χ0n) is 4.13. The molecule has 2 nitrogen and oxygen atoms in total. The van der Waals surface area contributed by atoms with E-state index in [9.17, 15) is 9.59 Å². The van der Waals surface area contributed by atoms with E-state index < -0.39 is 5.66 Å². The molecule has 0 radical (unpaired) electrons. The second-order valence-corrected chi connectivity index (χ2v) is 2.28. The van der Waals surface area contributed by atoms with Gasteiger partial charge in [-0.05, 0) is 12.2 Å². The minimum atomic E-state index is -0.491. The first-order chi connectivity index (χ1) is 3.72. The smallest absolute Gasteiger partial charge is 0.170 e. The maximum atomic E-state index is 10.5. The van der Waals surface area contributed by atoms with Gasteiger partial charge in [-0.2, -0.15) is 0 Å². The fourth-order valence-electron chi connectivity index (χ4n) is 0.512. The molecule has 8 heavy (non-hydrogen) atoms. The SMILES string of the molecule is O=C1C=CC(=O)C1P. The molecule has 0 aromatic rings. The lowest BCUT2D eigenvalue weighted by molar-refractivity contribution is -0.119. The van der Waals surface area contributed by atoms with Crippen LogP contribution in [0.2, 0.25) is 0 Å². The Balaban J connectivity index is 2.84. The van der Waals surface area contributed by atoms with Crippen LogP contribution in [-0.4, -0.2) is 17.2 Å². The zero-order chi connectivity index (χ0) is 6.15. The summed E-state index contributed by atoms with van der Waals surface area (Å²) in [5.74, 6) is -0.222. The molecule has 0 aliphatic heterocycles. The molecule has 1 unspecified atom stereocenters. The Bertz CT molecular complexity index is 153. The molecule has 0 amide bonds. The topological polar surface area (TPSA) is 34.1 Å². The highest BCUT2D eigenvalue weighted by atomic mass is 31.0. The van der Waals surface area contributed by atoms with E-state index in [-0.39, 0.29) is 11.6 Å². The summed E-state index contributed by atoms with van der Waals surface area (Å²) >= 11 is 0. The fourth-order valence-corrected chi connectivity index (χ4v) is 0.734. The van der Waals surface area contributed by atoms with Gasteiger partial charge in [0, 0.05) is 0 Å². The van der Waals surface area contributed by atoms with Gasteiger partial charge in [-0.3, -0.25) is 9.59 Å². The first-order valence-corrected chi connectivity index (χ1v) is 2.90. The average Bonchev–Trinajstić information content (AvgIpc) is 1.98. The molecule has 0 spiro atoms. The van der Waals surface area contributed by atoms with Gasteiger partial charge in [0.15, 0.2) is 11.6 Å². The minimum absolute atomic E-state index is 0.111. The van der Waals surface area contributed by atoms with Gasteiger partial charge < -0.3 is 0 Å². The predicted molar refractivity (Wildman–Crippen MR) is 32.7 cm³/mol. The van der Waals surface area contributed by atoms with Crippen molar-refractivity contribution in [2.24, 2.45) is 0 Å². The molecular formula is C5H5O2P. The standard InChI is InChI=1S/C5H5O2P/c6-3-1-2-4(7)5(3)8/h1-2,5H,8H2. The maximum absolute atomic E-state index is 10.5. The van der Waals surface area contributed by atoms with Crippen molar-refractivity contribution in [1.29, 1.82) is 0 Å². The lowest BCUT2D eigenvalue weighted by Gasteiger charge is -1.91. The lowest BCUT2D eigenvalue weighted by Crippen LogP contribution is -2.13. The van der Waals surface area contributed by atoms with Gasteiger partial charge in [-0.1, -0.05) is 0 Å². The maximum Gasteiger partial charge on any atom is 0.170 e. The van der Waals surface area contributed by atoms with Crippen LogP contribution in [0.3, 0.4) is 0 Å². The highest BCUT2D eigenvalue weighted by Gasteiger charge is 2.22. The molecule has 0 N–H and O–H groups in total. The molecule has 0 bridgehead atoms. The number of rotatable bonds is 0. The van der Waals surface area contributed by atoms with Crippen LogP contribution in [0.4, 0.5) is 0 Å². The van der Waals surface area contributed by atoms with Crippen molar-refractivity contribution in [1.82, 2.24) is 0 Å². The van der Waals surface area contributed by atoms with Crippen molar-refractivity contribution in [2.75, 3.05) is 0 Å². The number of hydrogen-bond acceptors (Lipinski definition) is 2. The van der Waals surface area contributed by atoms with Gasteiger partial charge in [-0.15, -0.1) is 9.24 Å². The number of hydrogen-bond donors (Lipinski definition) is 0. The summed E-state index contributed by atoms with van der Waals surface area (Å²) < 4.78 is 0. The molecule has 3 heteroatoms. The molecule has 0 heterocycles. The van der Waals surface area contributed by atoms with Crippen LogP contribution in [0.25, 0.3) is 0 Å². The van der Waals surface area contributed by atoms with E-state index in [1.165, 1.54) is 12.2 Å². The predicted octanol–water partition coefficient (Wildman–Crippen LogP) is -0.0619. The van der Waals surface area contributed by atoms with Crippen LogP contribution < -0.4 is 0 Å². The molecule has 1 atom stereocenters. The second-order valence-electron chi connectivity index (χ2n) is 1.62. The van der Waals surface area contributed by atoms with Crippen LogP contribution in [-0.2, 0) is 9.59 Å². The van der Waals surface area contributed by atoms with Gasteiger partial charge in [0.1, 0.15) is 0 Å². The highest BCUT2D eigenvalue weighted by Crippen LogP contribution is 2.10. The van der Waals surface area contributed by atoms with Gasteiger partial charge in [0.05, 0.1) is 5.66 Å². The molecule has 0 saturated heterocycles. The first-order valence-electron chi connectivity index (χ1n) is 2.23. The summed E-state index contributed by atoms with van der Waals surface area (Å²) in [4.78, 5) is 20.9. The summed E-state index contributed by atoms with van der Waals surface area (Å²) in [6.45, 7) is 0. The monoisotopic (exact) mass is 128 g/mol. The van der Waals surface area contributed by atoms with Crippen molar-refractivity contribution in [3.63, 3.8) is 0 Å². The summed E-state index contributed by atoms with van der Waals surface area (Å²) in [7, 11) is 2.19. The van der Waals surface area contributed by atoms with Crippen molar-refractivity contribution in [3.8, 4) is 0 Å². The Kier molecular flexibility index (Phi) is 1.26. The van der Waals surface area contributed by atoms with Crippen molar-refractivity contribution in [3.05, 3.63) is 12.2 Å². The number of ketones is 2. The molecule has 0 aromatic heterocycles.